The number of nitro benzene ring substituents is 1. The number of hydrogen-bond donors (Lipinski definition) is 1. The van der Waals surface area contributed by atoms with Crippen LogP contribution in [0.1, 0.15) is 12.8 Å². The first-order valence-electron chi connectivity index (χ1n) is 9.42. The van der Waals surface area contributed by atoms with E-state index in [9.17, 15) is 23.3 Å². The second kappa shape index (κ2) is 8.90. The topological polar surface area (TPSA) is 135 Å². The van der Waals surface area contributed by atoms with E-state index in [1.165, 1.54) is 12.1 Å². The van der Waals surface area contributed by atoms with E-state index in [0.717, 1.165) is 33.3 Å². The van der Waals surface area contributed by atoms with Crippen molar-refractivity contribution in [3.63, 3.8) is 0 Å². The standard InChI is InChI=1S/C19H16ClN5O5S2/c20-13-5-3-12(4-6-13)18-22-23-19(31-18)21-17(26)16-2-1-11-24(16)32(29,30)15-9-7-14(8-10-15)25(27)28/h3-10,16H,1-2,11H2,(H,21,23,26). The molecule has 1 aliphatic heterocycles. The minimum Gasteiger partial charge on any atom is -0.299 e. The van der Waals surface area contributed by atoms with Gasteiger partial charge in [0.25, 0.3) is 5.69 Å². The number of sulfonamides is 1. The Hall–Kier alpha value is -2.93. The monoisotopic (exact) mass is 493 g/mol. The number of rotatable bonds is 6. The summed E-state index contributed by atoms with van der Waals surface area (Å²) in [4.78, 5) is 23.0. The number of hydrogen-bond acceptors (Lipinski definition) is 8. The molecule has 0 bridgehead atoms. The van der Waals surface area contributed by atoms with Gasteiger partial charge in [0.15, 0.2) is 0 Å². The van der Waals surface area contributed by atoms with Gasteiger partial charge >= 0.3 is 0 Å². The van der Waals surface area contributed by atoms with Gasteiger partial charge in [0.05, 0.1) is 9.82 Å². The molecule has 1 fully saturated rings. The van der Waals surface area contributed by atoms with Crippen LogP contribution in [0.4, 0.5) is 10.8 Å². The second-order valence-electron chi connectivity index (χ2n) is 6.93. The largest absolute Gasteiger partial charge is 0.299 e. The predicted octanol–water partition coefficient (Wildman–Crippen LogP) is 3.56. The summed E-state index contributed by atoms with van der Waals surface area (Å²) in [5, 5.41) is 22.9. The number of carbonyl (C=O) groups excluding carboxylic acids is 1. The number of aromatic nitrogens is 2. The van der Waals surface area contributed by atoms with Gasteiger partial charge in [-0.15, -0.1) is 10.2 Å². The van der Waals surface area contributed by atoms with Gasteiger partial charge in [-0.05, 0) is 37.1 Å². The fraction of sp³-hybridized carbons (Fsp3) is 0.211. The number of nitro groups is 1. The van der Waals surface area contributed by atoms with Crippen molar-refractivity contribution < 1.29 is 18.1 Å². The first kappa shape index (κ1) is 22.3. The molecular formula is C19H16ClN5O5S2. The minimum atomic E-state index is -4.00. The molecule has 1 aliphatic rings. The van der Waals surface area contributed by atoms with Crippen LogP contribution >= 0.6 is 22.9 Å². The number of carbonyl (C=O) groups is 1. The zero-order chi connectivity index (χ0) is 22.9. The van der Waals surface area contributed by atoms with Crippen LogP contribution in [0.3, 0.4) is 0 Å². The first-order valence-corrected chi connectivity index (χ1v) is 12.1. The Morgan fingerprint density at radius 3 is 2.50 bits per heavy atom. The molecule has 0 aliphatic carbocycles. The lowest BCUT2D eigenvalue weighted by atomic mass is 10.2. The van der Waals surface area contributed by atoms with Crippen LogP contribution in [0, 0.1) is 10.1 Å². The Morgan fingerprint density at radius 2 is 1.84 bits per heavy atom. The molecular weight excluding hydrogens is 478 g/mol. The summed E-state index contributed by atoms with van der Waals surface area (Å²) < 4.78 is 27.2. The lowest BCUT2D eigenvalue weighted by Gasteiger charge is -2.22. The number of non-ortho nitro benzene ring substituents is 1. The predicted molar refractivity (Wildman–Crippen MR) is 119 cm³/mol. The van der Waals surface area contributed by atoms with Crippen molar-refractivity contribution in [3.8, 4) is 10.6 Å². The Morgan fingerprint density at radius 1 is 1.16 bits per heavy atom. The second-order valence-corrected chi connectivity index (χ2v) is 10.2. The Labute approximate surface area is 192 Å². The SMILES string of the molecule is O=C(Nc1nnc(-c2ccc(Cl)cc2)s1)C1CCCN1S(=O)(=O)c1ccc([N+](=O)[O-])cc1. The summed E-state index contributed by atoms with van der Waals surface area (Å²) >= 11 is 7.05. The van der Waals surface area contributed by atoms with Crippen LogP contribution < -0.4 is 5.32 Å². The van der Waals surface area contributed by atoms with Crippen molar-refractivity contribution in [3.05, 3.63) is 63.7 Å². The van der Waals surface area contributed by atoms with E-state index in [2.05, 4.69) is 15.5 Å². The third-order valence-electron chi connectivity index (χ3n) is 4.91. The molecule has 1 unspecified atom stereocenters. The average molecular weight is 494 g/mol. The highest BCUT2D eigenvalue weighted by Crippen LogP contribution is 2.30. The maximum atomic E-state index is 13.0. The Kier molecular flexibility index (Phi) is 6.20. The van der Waals surface area contributed by atoms with Crippen molar-refractivity contribution >= 4 is 49.7 Å². The minimum absolute atomic E-state index is 0.108. The molecule has 13 heteroatoms. The van der Waals surface area contributed by atoms with Crippen molar-refractivity contribution in [1.29, 1.82) is 0 Å². The zero-order valence-corrected chi connectivity index (χ0v) is 18.7. The summed E-state index contributed by atoms with van der Waals surface area (Å²) in [6, 6.07) is 10.7. The fourth-order valence-electron chi connectivity index (χ4n) is 3.34. The quantitative estimate of drug-likeness (QED) is 0.409. The number of halogens is 1. The Balaban J connectivity index is 1.50. The summed E-state index contributed by atoms with van der Waals surface area (Å²) in [5.74, 6) is -0.508. The molecule has 1 amide bonds. The number of anilines is 1. The van der Waals surface area contributed by atoms with E-state index >= 15 is 0 Å². The molecule has 1 atom stereocenters. The van der Waals surface area contributed by atoms with Gasteiger partial charge in [-0.3, -0.25) is 20.2 Å². The molecule has 1 saturated heterocycles. The van der Waals surface area contributed by atoms with Gasteiger partial charge in [0.1, 0.15) is 11.0 Å². The highest BCUT2D eigenvalue weighted by molar-refractivity contribution is 7.89. The van der Waals surface area contributed by atoms with Crippen LogP contribution in [0.2, 0.25) is 5.02 Å². The van der Waals surface area contributed by atoms with E-state index in [-0.39, 0.29) is 22.3 Å². The molecule has 4 rings (SSSR count). The van der Waals surface area contributed by atoms with Gasteiger partial charge in [-0.25, -0.2) is 8.42 Å². The van der Waals surface area contributed by atoms with E-state index in [0.29, 0.717) is 22.9 Å². The van der Waals surface area contributed by atoms with Crippen molar-refractivity contribution in [2.75, 3.05) is 11.9 Å². The van der Waals surface area contributed by atoms with Crippen LogP contribution in [-0.4, -0.2) is 46.3 Å². The maximum absolute atomic E-state index is 13.0. The molecule has 166 valence electrons. The molecule has 0 radical (unpaired) electrons. The van der Waals surface area contributed by atoms with Gasteiger partial charge in [-0.2, -0.15) is 4.31 Å². The van der Waals surface area contributed by atoms with E-state index in [1.807, 2.05) is 0 Å². The van der Waals surface area contributed by atoms with Crippen LogP contribution in [0.15, 0.2) is 53.4 Å². The van der Waals surface area contributed by atoms with Crippen molar-refractivity contribution in [2.45, 2.75) is 23.8 Å². The van der Waals surface area contributed by atoms with E-state index in [4.69, 9.17) is 11.6 Å². The molecule has 3 aromatic rings. The summed E-state index contributed by atoms with van der Waals surface area (Å²) in [5.41, 5.74) is 0.572. The lowest BCUT2D eigenvalue weighted by Crippen LogP contribution is -2.43. The summed E-state index contributed by atoms with van der Waals surface area (Å²) in [7, 11) is -4.00. The first-order chi connectivity index (χ1) is 15.3. The maximum Gasteiger partial charge on any atom is 0.269 e. The Bertz CT molecular complexity index is 1260. The highest BCUT2D eigenvalue weighted by atomic mass is 35.5. The van der Waals surface area contributed by atoms with E-state index < -0.39 is 26.9 Å². The summed E-state index contributed by atoms with van der Waals surface area (Å²) in [6.07, 6.45) is 0.858. The average Bonchev–Trinajstić information content (AvgIpc) is 3.44. The number of nitrogens with zero attached hydrogens (tertiary/aromatic N) is 4. The van der Waals surface area contributed by atoms with Gasteiger partial charge in [0.2, 0.25) is 21.1 Å². The van der Waals surface area contributed by atoms with Crippen molar-refractivity contribution in [2.24, 2.45) is 0 Å². The molecule has 10 nitrogen and oxygen atoms in total. The summed E-state index contributed by atoms with van der Waals surface area (Å²) in [6.45, 7) is 0.170. The van der Waals surface area contributed by atoms with Crippen LogP contribution in [0.5, 0.6) is 0 Å². The van der Waals surface area contributed by atoms with Crippen LogP contribution in [0.25, 0.3) is 10.6 Å². The van der Waals surface area contributed by atoms with E-state index in [1.54, 1.807) is 24.3 Å². The normalized spacial score (nSPS) is 16.7. The third kappa shape index (κ3) is 4.48. The molecule has 1 N–H and O–H groups in total. The number of benzene rings is 2. The molecule has 2 heterocycles. The third-order valence-corrected chi connectivity index (χ3v) is 7.97. The molecule has 32 heavy (non-hydrogen) atoms. The molecule has 2 aromatic carbocycles. The lowest BCUT2D eigenvalue weighted by molar-refractivity contribution is -0.384. The smallest absolute Gasteiger partial charge is 0.269 e. The molecule has 0 spiro atoms. The van der Waals surface area contributed by atoms with Gasteiger partial charge in [0, 0.05) is 29.3 Å². The van der Waals surface area contributed by atoms with Gasteiger partial charge < -0.3 is 0 Å². The van der Waals surface area contributed by atoms with Crippen molar-refractivity contribution in [1.82, 2.24) is 14.5 Å². The van der Waals surface area contributed by atoms with Crippen LogP contribution in [-0.2, 0) is 14.8 Å². The fourth-order valence-corrected chi connectivity index (χ4v) is 5.87. The highest BCUT2D eigenvalue weighted by Gasteiger charge is 2.39. The zero-order valence-electron chi connectivity index (χ0n) is 16.3. The molecule has 0 saturated carbocycles. The number of nitrogens with one attached hydrogen (secondary N) is 1. The van der Waals surface area contributed by atoms with Gasteiger partial charge in [-0.1, -0.05) is 35.1 Å². The number of amides is 1. The molecule has 1 aromatic heterocycles.